The molecule has 1 fully saturated rings. The monoisotopic (exact) mass is 315 g/mol. The van der Waals surface area contributed by atoms with Crippen LogP contribution in [0, 0.1) is 0 Å². The molecular weight excluding hydrogens is 298 g/mol. The Morgan fingerprint density at radius 2 is 2.04 bits per heavy atom. The molecule has 3 heterocycles. The van der Waals surface area contributed by atoms with E-state index in [9.17, 15) is 9.59 Å². The van der Waals surface area contributed by atoms with Crippen molar-refractivity contribution in [1.29, 1.82) is 0 Å². The van der Waals surface area contributed by atoms with Crippen molar-refractivity contribution in [2.24, 2.45) is 0 Å². The Morgan fingerprint density at radius 3 is 2.70 bits per heavy atom. The summed E-state index contributed by atoms with van der Waals surface area (Å²) >= 11 is 0. The Hall–Kier alpha value is -2.83. The zero-order valence-corrected chi connectivity index (χ0v) is 12.4. The van der Waals surface area contributed by atoms with Gasteiger partial charge in [0.25, 0.3) is 5.91 Å². The van der Waals surface area contributed by atoms with E-state index in [1.165, 1.54) is 18.6 Å². The number of aromatic nitrogens is 1. The van der Waals surface area contributed by atoms with Gasteiger partial charge in [0.05, 0.1) is 11.8 Å². The Kier molecular flexibility index (Phi) is 4.27. The van der Waals surface area contributed by atoms with E-state index in [-0.39, 0.29) is 17.6 Å². The molecule has 0 aliphatic carbocycles. The second-order valence-electron chi connectivity index (χ2n) is 5.44. The van der Waals surface area contributed by atoms with E-state index in [0.29, 0.717) is 24.5 Å². The van der Waals surface area contributed by atoms with Crippen LogP contribution in [0.15, 0.2) is 41.2 Å². The molecule has 7 heteroatoms. The van der Waals surface area contributed by atoms with E-state index in [1.807, 2.05) is 0 Å². The van der Waals surface area contributed by atoms with Gasteiger partial charge < -0.3 is 19.7 Å². The van der Waals surface area contributed by atoms with Crippen LogP contribution in [-0.4, -0.2) is 46.0 Å². The Bertz CT molecular complexity index is 691. The van der Waals surface area contributed by atoms with Gasteiger partial charge in [-0.2, -0.15) is 0 Å². The average molecular weight is 315 g/mol. The maximum absolute atomic E-state index is 12.2. The Labute approximate surface area is 132 Å². The Balaban J connectivity index is 1.56. The first-order chi connectivity index (χ1) is 11.1. The second kappa shape index (κ2) is 6.51. The lowest BCUT2D eigenvalue weighted by molar-refractivity contribution is 0.0687. The first-order valence-electron chi connectivity index (χ1n) is 7.42. The van der Waals surface area contributed by atoms with Crippen LogP contribution in [0.2, 0.25) is 0 Å². The minimum absolute atomic E-state index is 0.0163. The molecule has 2 aromatic heterocycles. The van der Waals surface area contributed by atoms with Crippen LogP contribution in [0.1, 0.15) is 33.7 Å². The number of rotatable bonds is 4. The number of hydrogen-bond acceptors (Lipinski definition) is 5. The molecule has 0 aromatic carbocycles. The maximum Gasteiger partial charge on any atom is 0.354 e. The third-order valence-electron chi connectivity index (χ3n) is 3.87. The molecule has 2 aromatic rings. The zero-order chi connectivity index (χ0) is 16.2. The summed E-state index contributed by atoms with van der Waals surface area (Å²) in [5.41, 5.74) is 0.579. The number of hydrogen-bond donors (Lipinski definition) is 2. The summed E-state index contributed by atoms with van der Waals surface area (Å²) in [6.07, 6.45) is 4.50. The molecule has 0 unspecified atom stereocenters. The number of aromatic carboxylic acids is 1. The molecule has 0 bridgehead atoms. The van der Waals surface area contributed by atoms with E-state index in [2.05, 4.69) is 10.3 Å². The molecule has 1 saturated heterocycles. The molecule has 7 nitrogen and oxygen atoms in total. The number of furan rings is 1. The molecule has 0 spiro atoms. The Morgan fingerprint density at radius 1 is 1.26 bits per heavy atom. The van der Waals surface area contributed by atoms with Crippen molar-refractivity contribution in [3.05, 3.63) is 48.0 Å². The number of likely N-dealkylation sites (tertiary alicyclic amines) is 1. The van der Waals surface area contributed by atoms with Gasteiger partial charge in [-0.15, -0.1) is 0 Å². The van der Waals surface area contributed by atoms with Crippen LogP contribution in [0.5, 0.6) is 0 Å². The first kappa shape index (κ1) is 15.1. The average Bonchev–Trinajstić information content (AvgIpc) is 3.09. The predicted molar refractivity (Wildman–Crippen MR) is 82.5 cm³/mol. The van der Waals surface area contributed by atoms with Crippen LogP contribution in [-0.2, 0) is 0 Å². The van der Waals surface area contributed by atoms with Crippen molar-refractivity contribution in [3.8, 4) is 0 Å². The van der Waals surface area contributed by atoms with E-state index < -0.39 is 5.97 Å². The van der Waals surface area contributed by atoms with Gasteiger partial charge in [-0.05, 0) is 31.0 Å². The normalized spacial score (nSPS) is 15.4. The molecule has 3 rings (SSSR count). The summed E-state index contributed by atoms with van der Waals surface area (Å²) in [5, 5.41) is 12.2. The van der Waals surface area contributed by atoms with E-state index in [4.69, 9.17) is 9.52 Å². The molecule has 0 atom stereocenters. The standard InChI is InChI=1S/C16H17N3O4/c20-15(11-6-9-23-10-11)19-7-4-12(5-8-19)17-14-3-1-2-13(18-14)16(21)22/h1-3,6,9-10,12H,4-5,7-8H2,(H,17,18)(H,21,22). The van der Waals surface area contributed by atoms with Crippen molar-refractivity contribution in [1.82, 2.24) is 9.88 Å². The SMILES string of the molecule is O=C(O)c1cccc(NC2CCN(C(=O)c3ccoc3)CC2)n1. The zero-order valence-electron chi connectivity index (χ0n) is 12.4. The number of nitrogens with zero attached hydrogens (tertiary/aromatic N) is 2. The molecule has 0 radical (unpaired) electrons. The lowest BCUT2D eigenvalue weighted by Crippen LogP contribution is -2.42. The molecule has 1 aliphatic heterocycles. The van der Waals surface area contributed by atoms with Crippen LogP contribution in [0.3, 0.4) is 0 Å². The predicted octanol–water partition coefficient (Wildman–Crippen LogP) is 2.09. The molecule has 1 aliphatic rings. The minimum atomic E-state index is -1.05. The molecule has 2 N–H and O–H groups in total. The van der Waals surface area contributed by atoms with Crippen LogP contribution in [0.4, 0.5) is 5.82 Å². The van der Waals surface area contributed by atoms with E-state index in [0.717, 1.165) is 12.8 Å². The molecule has 0 saturated carbocycles. The van der Waals surface area contributed by atoms with Crippen LogP contribution >= 0.6 is 0 Å². The number of carboxylic acids is 1. The number of amides is 1. The van der Waals surface area contributed by atoms with Gasteiger partial charge in [-0.1, -0.05) is 6.07 Å². The summed E-state index contributed by atoms with van der Waals surface area (Å²) in [7, 11) is 0. The third-order valence-corrected chi connectivity index (χ3v) is 3.87. The van der Waals surface area contributed by atoms with Crippen molar-refractivity contribution < 1.29 is 19.1 Å². The second-order valence-corrected chi connectivity index (χ2v) is 5.44. The number of anilines is 1. The van der Waals surface area contributed by atoms with Gasteiger partial charge in [0.2, 0.25) is 0 Å². The van der Waals surface area contributed by atoms with Crippen molar-refractivity contribution in [2.75, 3.05) is 18.4 Å². The highest BCUT2D eigenvalue weighted by Gasteiger charge is 2.24. The number of piperidine rings is 1. The smallest absolute Gasteiger partial charge is 0.354 e. The number of carboxylic acid groups (broad SMARTS) is 1. The fourth-order valence-electron chi connectivity index (χ4n) is 2.64. The fraction of sp³-hybridized carbons (Fsp3) is 0.312. The van der Waals surface area contributed by atoms with Crippen molar-refractivity contribution in [3.63, 3.8) is 0 Å². The highest BCUT2D eigenvalue weighted by molar-refractivity contribution is 5.93. The number of pyridine rings is 1. The van der Waals surface area contributed by atoms with Crippen molar-refractivity contribution in [2.45, 2.75) is 18.9 Å². The maximum atomic E-state index is 12.2. The van der Waals surface area contributed by atoms with Crippen LogP contribution < -0.4 is 5.32 Å². The molecule has 1 amide bonds. The highest BCUT2D eigenvalue weighted by atomic mass is 16.4. The minimum Gasteiger partial charge on any atom is -0.477 e. The van der Waals surface area contributed by atoms with Gasteiger partial charge >= 0.3 is 5.97 Å². The fourth-order valence-corrected chi connectivity index (χ4v) is 2.64. The lowest BCUT2D eigenvalue weighted by Gasteiger charge is -2.32. The third kappa shape index (κ3) is 3.50. The summed E-state index contributed by atoms with van der Waals surface area (Å²) in [4.78, 5) is 29.0. The van der Waals surface area contributed by atoms with Gasteiger partial charge in [-0.3, -0.25) is 4.79 Å². The topological polar surface area (TPSA) is 95.7 Å². The number of carbonyl (C=O) groups excluding carboxylic acids is 1. The first-order valence-corrected chi connectivity index (χ1v) is 7.42. The molecule has 23 heavy (non-hydrogen) atoms. The summed E-state index contributed by atoms with van der Waals surface area (Å²) in [5.74, 6) is -0.526. The van der Waals surface area contributed by atoms with Crippen LogP contribution in [0.25, 0.3) is 0 Å². The van der Waals surface area contributed by atoms with Gasteiger partial charge in [0.15, 0.2) is 5.69 Å². The largest absolute Gasteiger partial charge is 0.477 e. The van der Waals surface area contributed by atoms with Gasteiger partial charge in [0.1, 0.15) is 12.1 Å². The quantitative estimate of drug-likeness (QED) is 0.897. The summed E-state index contributed by atoms with van der Waals surface area (Å²) in [6, 6.07) is 6.69. The van der Waals surface area contributed by atoms with Gasteiger partial charge in [0, 0.05) is 19.1 Å². The van der Waals surface area contributed by atoms with Crippen molar-refractivity contribution >= 4 is 17.7 Å². The molecule has 120 valence electrons. The lowest BCUT2D eigenvalue weighted by atomic mass is 10.0. The summed E-state index contributed by atoms with van der Waals surface area (Å²) < 4.78 is 4.94. The summed E-state index contributed by atoms with van der Waals surface area (Å²) in [6.45, 7) is 1.28. The van der Waals surface area contributed by atoms with E-state index >= 15 is 0 Å². The molecular formula is C16H17N3O4. The van der Waals surface area contributed by atoms with E-state index in [1.54, 1.807) is 23.1 Å². The number of carbonyl (C=O) groups is 2. The highest BCUT2D eigenvalue weighted by Crippen LogP contribution is 2.17. The van der Waals surface area contributed by atoms with Gasteiger partial charge in [-0.25, -0.2) is 9.78 Å². The number of nitrogens with one attached hydrogen (secondary N) is 1.